The van der Waals surface area contributed by atoms with Crippen LogP contribution in [0.1, 0.15) is 11.3 Å². The first-order valence-electron chi connectivity index (χ1n) is 6.64. The Bertz CT molecular complexity index is 744. The van der Waals surface area contributed by atoms with Gasteiger partial charge in [0.2, 0.25) is 5.91 Å². The number of rotatable bonds is 3. The van der Waals surface area contributed by atoms with E-state index >= 15 is 0 Å². The Morgan fingerprint density at radius 3 is 2.70 bits per heavy atom. The molecule has 0 bridgehead atoms. The molecule has 3 rings (SSSR count). The highest BCUT2D eigenvalue weighted by Crippen LogP contribution is 2.17. The summed E-state index contributed by atoms with van der Waals surface area (Å²) in [6.45, 7) is 2.03. The monoisotopic (exact) mass is 264 g/mol. The number of carbonyl (C=O) groups is 1. The van der Waals surface area contributed by atoms with E-state index in [0.717, 1.165) is 27.8 Å². The molecular formula is C17H16N2O. The summed E-state index contributed by atoms with van der Waals surface area (Å²) in [6.07, 6.45) is 0.384. The van der Waals surface area contributed by atoms with Gasteiger partial charge < -0.3 is 10.3 Å². The first-order valence-corrected chi connectivity index (χ1v) is 6.64. The molecule has 1 aromatic heterocycles. The molecule has 100 valence electrons. The SMILES string of the molecule is Cc1cc2cc(CC(=O)Nc3ccccc3)ccc2[nH]1. The van der Waals surface area contributed by atoms with Crippen LogP contribution in [0.4, 0.5) is 5.69 Å². The molecule has 3 nitrogen and oxygen atoms in total. The highest BCUT2D eigenvalue weighted by Gasteiger charge is 2.05. The lowest BCUT2D eigenvalue weighted by Gasteiger charge is -2.05. The Labute approximate surface area is 117 Å². The molecule has 0 saturated heterocycles. The largest absolute Gasteiger partial charge is 0.359 e. The van der Waals surface area contributed by atoms with Crippen molar-refractivity contribution in [2.75, 3.05) is 5.32 Å². The van der Waals surface area contributed by atoms with Gasteiger partial charge in [0.15, 0.2) is 0 Å². The van der Waals surface area contributed by atoms with Gasteiger partial charge in [-0.15, -0.1) is 0 Å². The molecule has 0 spiro atoms. The van der Waals surface area contributed by atoms with Gasteiger partial charge in [-0.2, -0.15) is 0 Å². The number of aromatic amines is 1. The van der Waals surface area contributed by atoms with Crippen LogP contribution in [0, 0.1) is 6.92 Å². The molecule has 2 N–H and O–H groups in total. The minimum absolute atomic E-state index is 0.00260. The Morgan fingerprint density at radius 1 is 1.10 bits per heavy atom. The van der Waals surface area contributed by atoms with Crippen LogP contribution in [0.3, 0.4) is 0 Å². The average molecular weight is 264 g/mol. The van der Waals surface area contributed by atoms with Gasteiger partial charge in [-0.1, -0.05) is 24.3 Å². The normalized spacial score (nSPS) is 10.7. The maximum Gasteiger partial charge on any atom is 0.228 e. The van der Waals surface area contributed by atoms with Crippen molar-refractivity contribution in [2.45, 2.75) is 13.3 Å². The smallest absolute Gasteiger partial charge is 0.228 e. The van der Waals surface area contributed by atoms with Crippen LogP contribution >= 0.6 is 0 Å². The van der Waals surface area contributed by atoms with Crippen molar-refractivity contribution < 1.29 is 4.79 Å². The first-order chi connectivity index (χ1) is 9.70. The van der Waals surface area contributed by atoms with E-state index in [1.807, 2.05) is 49.4 Å². The van der Waals surface area contributed by atoms with Gasteiger partial charge in [0.1, 0.15) is 0 Å². The van der Waals surface area contributed by atoms with E-state index in [4.69, 9.17) is 0 Å². The molecule has 0 aliphatic heterocycles. The predicted octanol–water partition coefficient (Wildman–Crippen LogP) is 3.66. The van der Waals surface area contributed by atoms with E-state index in [1.165, 1.54) is 0 Å². The Balaban J connectivity index is 1.74. The number of fused-ring (bicyclic) bond motifs is 1. The van der Waals surface area contributed by atoms with Gasteiger partial charge in [0, 0.05) is 16.9 Å². The number of amides is 1. The third-order valence-electron chi connectivity index (χ3n) is 3.24. The zero-order chi connectivity index (χ0) is 13.9. The summed E-state index contributed by atoms with van der Waals surface area (Å²) in [5, 5.41) is 4.04. The number of nitrogens with one attached hydrogen (secondary N) is 2. The number of hydrogen-bond acceptors (Lipinski definition) is 1. The van der Waals surface area contributed by atoms with Gasteiger partial charge in [-0.25, -0.2) is 0 Å². The predicted molar refractivity (Wildman–Crippen MR) is 81.8 cm³/mol. The van der Waals surface area contributed by atoms with Crippen LogP contribution in [0.2, 0.25) is 0 Å². The summed E-state index contributed by atoms with van der Waals surface area (Å²) in [7, 11) is 0. The second-order valence-electron chi connectivity index (χ2n) is 4.96. The van der Waals surface area contributed by atoms with Crippen molar-refractivity contribution in [1.29, 1.82) is 0 Å². The Morgan fingerprint density at radius 2 is 1.90 bits per heavy atom. The zero-order valence-corrected chi connectivity index (χ0v) is 11.3. The minimum atomic E-state index is 0.00260. The summed E-state index contributed by atoms with van der Waals surface area (Å²) >= 11 is 0. The lowest BCUT2D eigenvalue weighted by Crippen LogP contribution is -2.14. The number of carbonyl (C=O) groups excluding carboxylic acids is 1. The van der Waals surface area contributed by atoms with Crippen molar-refractivity contribution >= 4 is 22.5 Å². The number of anilines is 1. The van der Waals surface area contributed by atoms with Crippen LogP contribution in [0.25, 0.3) is 10.9 Å². The lowest BCUT2D eigenvalue weighted by molar-refractivity contribution is -0.115. The van der Waals surface area contributed by atoms with E-state index in [9.17, 15) is 4.79 Å². The fraction of sp³-hybridized carbons (Fsp3) is 0.118. The molecule has 0 aliphatic rings. The molecule has 3 heteroatoms. The van der Waals surface area contributed by atoms with E-state index in [-0.39, 0.29) is 5.91 Å². The highest BCUT2D eigenvalue weighted by atomic mass is 16.1. The number of aromatic nitrogens is 1. The van der Waals surface area contributed by atoms with Crippen LogP contribution < -0.4 is 5.32 Å². The second kappa shape index (κ2) is 5.21. The number of benzene rings is 2. The van der Waals surface area contributed by atoms with Gasteiger partial charge in [0.05, 0.1) is 6.42 Å². The maximum absolute atomic E-state index is 12.0. The molecule has 0 aliphatic carbocycles. The lowest BCUT2D eigenvalue weighted by atomic mass is 10.1. The topological polar surface area (TPSA) is 44.9 Å². The van der Waals surface area contributed by atoms with Gasteiger partial charge in [0.25, 0.3) is 0 Å². The number of aryl methyl sites for hydroxylation is 1. The van der Waals surface area contributed by atoms with Crippen LogP contribution in [-0.4, -0.2) is 10.9 Å². The third-order valence-corrected chi connectivity index (χ3v) is 3.24. The van der Waals surface area contributed by atoms with Gasteiger partial charge in [-0.3, -0.25) is 4.79 Å². The Hall–Kier alpha value is -2.55. The average Bonchev–Trinajstić information content (AvgIpc) is 2.79. The van der Waals surface area contributed by atoms with Crippen molar-refractivity contribution in [3.63, 3.8) is 0 Å². The minimum Gasteiger partial charge on any atom is -0.359 e. The summed E-state index contributed by atoms with van der Waals surface area (Å²) in [4.78, 5) is 15.3. The summed E-state index contributed by atoms with van der Waals surface area (Å²) in [5.41, 5.74) is 4.08. The fourth-order valence-corrected chi connectivity index (χ4v) is 2.35. The van der Waals surface area contributed by atoms with Gasteiger partial charge >= 0.3 is 0 Å². The van der Waals surface area contributed by atoms with Crippen molar-refractivity contribution in [2.24, 2.45) is 0 Å². The number of para-hydroxylation sites is 1. The molecular weight excluding hydrogens is 248 g/mol. The summed E-state index contributed by atoms with van der Waals surface area (Å²) < 4.78 is 0. The third kappa shape index (κ3) is 2.72. The van der Waals surface area contributed by atoms with Crippen LogP contribution in [0.15, 0.2) is 54.6 Å². The van der Waals surface area contributed by atoms with E-state index < -0.39 is 0 Å². The number of hydrogen-bond donors (Lipinski definition) is 2. The summed E-state index contributed by atoms with van der Waals surface area (Å²) in [6, 6.07) is 17.7. The van der Waals surface area contributed by atoms with Crippen molar-refractivity contribution in [1.82, 2.24) is 4.98 Å². The molecule has 0 radical (unpaired) electrons. The van der Waals surface area contributed by atoms with Crippen molar-refractivity contribution in [3.05, 3.63) is 65.9 Å². The second-order valence-corrected chi connectivity index (χ2v) is 4.96. The quantitative estimate of drug-likeness (QED) is 0.745. The maximum atomic E-state index is 12.0. The van der Waals surface area contributed by atoms with E-state index in [1.54, 1.807) is 0 Å². The van der Waals surface area contributed by atoms with Crippen molar-refractivity contribution in [3.8, 4) is 0 Å². The number of H-pyrrole nitrogens is 1. The molecule has 0 saturated carbocycles. The van der Waals surface area contributed by atoms with Gasteiger partial charge in [-0.05, 0) is 48.2 Å². The summed E-state index contributed by atoms with van der Waals surface area (Å²) in [5.74, 6) is 0.00260. The molecule has 1 heterocycles. The molecule has 3 aromatic rings. The fourth-order valence-electron chi connectivity index (χ4n) is 2.35. The zero-order valence-electron chi connectivity index (χ0n) is 11.3. The molecule has 0 unspecified atom stereocenters. The molecule has 20 heavy (non-hydrogen) atoms. The molecule has 1 amide bonds. The standard InChI is InChI=1S/C17H16N2O/c1-12-9-14-10-13(7-8-16(14)18-12)11-17(20)19-15-5-3-2-4-6-15/h2-10,18H,11H2,1H3,(H,19,20). The first kappa shape index (κ1) is 12.5. The van der Waals surface area contributed by atoms with Crippen LogP contribution in [-0.2, 0) is 11.2 Å². The van der Waals surface area contributed by atoms with E-state index in [2.05, 4.69) is 22.4 Å². The molecule has 0 fully saturated rings. The molecule has 2 aromatic carbocycles. The Kier molecular flexibility index (Phi) is 3.25. The molecule has 0 atom stereocenters. The van der Waals surface area contributed by atoms with Crippen LogP contribution in [0.5, 0.6) is 0 Å². The van der Waals surface area contributed by atoms with E-state index in [0.29, 0.717) is 6.42 Å². The highest BCUT2D eigenvalue weighted by molar-refractivity contribution is 5.93.